The van der Waals surface area contributed by atoms with Crippen molar-refractivity contribution >= 4 is 11.8 Å². The molecule has 3 aliphatic carbocycles. The Morgan fingerprint density at radius 2 is 2.08 bits per heavy atom. The number of aliphatic hydroxyl groups excluding tert-OH is 1. The maximum atomic E-state index is 12.4. The Balaban J connectivity index is 1.70. The minimum absolute atomic E-state index is 0.101. The first-order chi connectivity index (χ1) is 11.4. The SMILES string of the molecule is CC(=O)Oc1ccc2c(c1)CC[C@@H]1[C@@H]2[C@H](O)C[C@@]2(C)C(=O)CC[C@H]12. The van der Waals surface area contributed by atoms with E-state index in [2.05, 4.69) is 6.92 Å². The topological polar surface area (TPSA) is 63.6 Å². The summed E-state index contributed by atoms with van der Waals surface area (Å²) in [7, 11) is 0. The van der Waals surface area contributed by atoms with Crippen molar-refractivity contribution in [2.45, 2.75) is 58.0 Å². The Labute approximate surface area is 142 Å². The number of Topliss-reactive ketones (excluding diaryl/α,β-unsaturated/α-hetero) is 1. The predicted octanol–water partition coefficient (Wildman–Crippen LogP) is 3.01. The molecule has 128 valence electrons. The van der Waals surface area contributed by atoms with E-state index in [1.807, 2.05) is 18.2 Å². The molecule has 1 aromatic carbocycles. The second-order valence-corrected chi connectivity index (χ2v) is 7.94. The largest absolute Gasteiger partial charge is 0.427 e. The van der Waals surface area contributed by atoms with Crippen LogP contribution < -0.4 is 4.74 Å². The average molecular weight is 328 g/mol. The van der Waals surface area contributed by atoms with Gasteiger partial charge in [-0.2, -0.15) is 0 Å². The van der Waals surface area contributed by atoms with Crippen molar-refractivity contribution in [2.24, 2.45) is 17.3 Å². The van der Waals surface area contributed by atoms with E-state index in [4.69, 9.17) is 4.74 Å². The van der Waals surface area contributed by atoms with Gasteiger partial charge in [-0.15, -0.1) is 0 Å². The van der Waals surface area contributed by atoms with E-state index < -0.39 is 6.10 Å². The number of rotatable bonds is 1. The predicted molar refractivity (Wildman–Crippen MR) is 88.8 cm³/mol. The van der Waals surface area contributed by atoms with E-state index in [1.54, 1.807) is 0 Å². The molecule has 5 atom stereocenters. The molecule has 4 nitrogen and oxygen atoms in total. The van der Waals surface area contributed by atoms with Crippen LogP contribution in [0, 0.1) is 17.3 Å². The van der Waals surface area contributed by atoms with Gasteiger partial charge < -0.3 is 9.84 Å². The van der Waals surface area contributed by atoms with Gasteiger partial charge in [-0.1, -0.05) is 13.0 Å². The summed E-state index contributed by atoms with van der Waals surface area (Å²) >= 11 is 0. The lowest BCUT2D eigenvalue weighted by Gasteiger charge is -2.50. The summed E-state index contributed by atoms with van der Waals surface area (Å²) in [4.78, 5) is 23.5. The molecule has 0 aliphatic heterocycles. The monoisotopic (exact) mass is 328 g/mol. The van der Waals surface area contributed by atoms with Gasteiger partial charge in [-0.05, 0) is 60.8 Å². The first kappa shape index (κ1) is 15.8. The Hall–Kier alpha value is -1.68. The Morgan fingerprint density at radius 1 is 1.29 bits per heavy atom. The molecular weight excluding hydrogens is 304 g/mol. The van der Waals surface area contributed by atoms with Crippen molar-refractivity contribution in [2.75, 3.05) is 0 Å². The molecule has 4 heteroatoms. The lowest BCUT2D eigenvalue weighted by atomic mass is 9.54. The van der Waals surface area contributed by atoms with Crippen LogP contribution in [0.2, 0.25) is 0 Å². The van der Waals surface area contributed by atoms with Crippen molar-refractivity contribution in [3.8, 4) is 5.75 Å². The number of carbonyl (C=O) groups is 2. The molecule has 0 spiro atoms. The van der Waals surface area contributed by atoms with Gasteiger partial charge in [-0.3, -0.25) is 9.59 Å². The quantitative estimate of drug-likeness (QED) is 0.636. The van der Waals surface area contributed by atoms with Gasteiger partial charge >= 0.3 is 5.97 Å². The third-order valence-corrected chi connectivity index (χ3v) is 6.65. The number of hydrogen-bond acceptors (Lipinski definition) is 4. The van der Waals surface area contributed by atoms with E-state index >= 15 is 0 Å². The lowest BCUT2D eigenvalue weighted by Crippen LogP contribution is -2.48. The molecule has 1 N–H and O–H groups in total. The number of fused-ring (bicyclic) bond motifs is 5. The molecule has 1 aromatic rings. The van der Waals surface area contributed by atoms with Gasteiger partial charge in [0.05, 0.1) is 6.10 Å². The molecule has 0 amide bonds. The van der Waals surface area contributed by atoms with E-state index in [0.717, 1.165) is 19.3 Å². The molecule has 2 saturated carbocycles. The third kappa shape index (κ3) is 2.23. The highest BCUT2D eigenvalue weighted by atomic mass is 16.5. The van der Waals surface area contributed by atoms with Gasteiger partial charge in [0.2, 0.25) is 0 Å². The van der Waals surface area contributed by atoms with E-state index in [9.17, 15) is 14.7 Å². The summed E-state index contributed by atoms with van der Waals surface area (Å²) in [6.07, 6.45) is 3.63. The highest BCUT2D eigenvalue weighted by Gasteiger charge is 2.57. The van der Waals surface area contributed by atoms with Gasteiger partial charge in [0, 0.05) is 24.7 Å². The molecule has 0 saturated heterocycles. The number of esters is 1. The number of aryl methyl sites for hydroxylation is 1. The van der Waals surface area contributed by atoms with Crippen LogP contribution in [0.1, 0.15) is 56.6 Å². The Morgan fingerprint density at radius 3 is 2.83 bits per heavy atom. The minimum Gasteiger partial charge on any atom is -0.427 e. The second kappa shape index (κ2) is 5.41. The van der Waals surface area contributed by atoms with Gasteiger partial charge in [0.1, 0.15) is 11.5 Å². The van der Waals surface area contributed by atoms with E-state index in [1.165, 1.54) is 18.1 Å². The fourth-order valence-electron chi connectivity index (χ4n) is 5.64. The molecular formula is C20H24O4. The normalized spacial score (nSPS) is 37.4. The fraction of sp³-hybridized carbons (Fsp3) is 0.600. The highest BCUT2D eigenvalue weighted by Crippen LogP contribution is 2.59. The van der Waals surface area contributed by atoms with Crippen molar-refractivity contribution < 1.29 is 19.4 Å². The lowest BCUT2D eigenvalue weighted by molar-refractivity contribution is -0.133. The summed E-state index contributed by atoms with van der Waals surface area (Å²) in [5.74, 6) is 1.45. The first-order valence-electron chi connectivity index (χ1n) is 8.93. The number of hydrogen-bond donors (Lipinski definition) is 1. The van der Waals surface area contributed by atoms with E-state index in [0.29, 0.717) is 36.2 Å². The zero-order valence-corrected chi connectivity index (χ0v) is 14.2. The first-order valence-corrected chi connectivity index (χ1v) is 8.93. The van der Waals surface area contributed by atoms with Gasteiger partial charge in [-0.25, -0.2) is 0 Å². The molecule has 3 aliphatic rings. The summed E-state index contributed by atoms with van der Waals surface area (Å²) in [6, 6.07) is 5.77. The summed E-state index contributed by atoms with van der Waals surface area (Å²) in [6.45, 7) is 3.46. The number of benzene rings is 1. The molecule has 0 heterocycles. The van der Waals surface area contributed by atoms with Crippen LogP contribution in [0.4, 0.5) is 0 Å². The van der Waals surface area contributed by atoms with Crippen LogP contribution >= 0.6 is 0 Å². The molecule has 0 bridgehead atoms. The van der Waals surface area contributed by atoms with Crippen LogP contribution in [0.3, 0.4) is 0 Å². The van der Waals surface area contributed by atoms with Crippen LogP contribution in [-0.2, 0) is 16.0 Å². The van der Waals surface area contributed by atoms with E-state index in [-0.39, 0.29) is 17.3 Å². The Kier molecular flexibility index (Phi) is 3.57. The smallest absolute Gasteiger partial charge is 0.308 e. The summed E-state index contributed by atoms with van der Waals surface area (Å²) < 4.78 is 5.20. The highest BCUT2D eigenvalue weighted by molar-refractivity contribution is 5.87. The number of aliphatic hydroxyl groups is 1. The number of carbonyl (C=O) groups excluding carboxylic acids is 2. The summed E-state index contributed by atoms with van der Waals surface area (Å²) in [5.41, 5.74) is 2.01. The third-order valence-electron chi connectivity index (χ3n) is 6.65. The average Bonchev–Trinajstić information content (AvgIpc) is 2.81. The second-order valence-electron chi connectivity index (χ2n) is 7.94. The van der Waals surface area contributed by atoms with Crippen LogP contribution in [-0.4, -0.2) is 23.0 Å². The molecule has 0 aromatic heterocycles. The minimum atomic E-state index is -0.475. The zero-order chi connectivity index (χ0) is 17.1. The molecule has 2 fully saturated rings. The fourth-order valence-corrected chi connectivity index (χ4v) is 5.64. The van der Waals surface area contributed by atoms with Crippen LogP contribution in [0.15, 0.2) is 18.2 Å². The standard InChI is InChI=1S/C20H24O4/c1-11(21)24-13-4-6-14-12(9-13)3-5-15-16-7-8-18(23)20(16,2)10-17(22)19(14)15/h4,6,9,15-17,19,22H,3,5,7-8,10H2,1-2H3/t15-,16+,17+,19+,20+/m0/s1. The van der Waals surface area contributed by atoms with Gasteiger partial charge in [0.25, 0.3) is 0 Å². The van der Waals surface area contributed by atoms with Crippen molar-refractivity contribution in [3.63, 3.8) is 0 Å². The van der Waals surface area contributed by atoms with Crippen LogP contribution in [0.25, 0.3) is 0 Å². The number of ether oxygens (including phenoxy) is 1. The number of ketones is 1. The molecule has 0 radical (unpaired) electrons. The molecule has 0 unspecified atom stereocenters. The summed E-state index contributed by atoms with van der Waals surface area (Å²) in [5, 5.41) is 10.9. The van der Waals surface area contributed by atoms with Crippen molar-refractivity contribution in [1.29, 1.82) is 0 Å². The van der Waals surface area contributed by atoms with Gasteiger partial charge in [0.15, 0.2) is 0 Å². The molecule has 24 heavy (non-hydrogen) atoms. The Bertz CT molecular complexity index is 710. The van der Waals surface area contributed by atoms with Crippen molar-refractivity contribution in [3.05, 3.63) is 29.3 Å². The maximum absolute atomic E-state index is 12.4. The van der Waals surface area contributed by atoms with Crippen molar-refractivity contribution in [1.82, 2.24) is 0 Å². The zero-order valence-electron chi connectivity index (χ0n) is 14.2. The molecule has 4 rings (SSSR count). The maximum Gasteiger partial charge on any atom is 0.308 e. The van der Waals surface area contributed by atoms with Crippen LogP contribution in [0.5, 0.6) is 5.75 Å².